The van der Waals surface area contributed by atoms with Crippen LogP contribution in [0.15, 0.2) is 30.3 Å². The number of aromatic nitrogens is 2. The van der Waals surface area contributed by atoms with E-state index in [-0.39, 0.29) is 29.3 Å². The summed E-state index contributed by atoms with van der Waals surface area (Å²) in [7, 11) is 0. The van der Waals surface area contributed by atoms with Crippen molar-refractivity contribution in [3.8, 4) is 5.69 Å². The molecule has 2 aromatic rings. The zero-order valence-electron chi connectivity index (χ0n) is 14.6. The van der Waals surface area contributed by atoms with Crippen molar-refractivity contribution >= 4 is 23.5 Å². The van der Waals surface area contributed by atoms with Crippen LogP contribution in [-0.4, -0.2) is 34.3 Å². The van der Waals surface area contributed by atoms with Crippen LogP contribution in [0.5, 0.6) is 0 Å². The molecule has 0 saturated carbocycles. The highest BCUT2D eigenvalue weighted by atomic mass is 35.5. The van der Waals surface area contributed by atoms with Gasteiger partial charge in [-0.3, -0.25) is 4.79 Å². The molecule has 7 heteroatoms. The topological polar surface area (TPSA) is 73.2 Å². The molecule has 1 aromatic carbocycles. The van der Waals surface area contributed by atoms with Crippen LogP contribution in [-0.2, 0) is 9.53 Å². The summed E-state index contributed by atoms with van der Waals surface area (Å²) in [5, 5.41) is 7.22. The quantitative estimate of drug-likeness (QED) is 0.766. The molecule has 0 aliphatic heterocycles. The average molecular weight is 364 g/mol. The van der Waals surface area contributed by atoms with Gasteiger partial charge in [-0.05, 0) is 32.4 Å². The summed E-state index contributed by atoms with van der Waals surface area (Å²) in [4.78, 5) is 24.1. The number of amides is 1. The predicted molar refractivity (Wildman–Crippen MR) is 96.1 cm³/mol. The molecule has 134 valence electrons. The molecule has 1 unspecified atom stereocenters. The number of carbonyl (C=O) groups is 2. The minimum absolute atomic E-state index is 0.0438. The number of nitrogens with one attached hydrogen (secondary N) is 1. The maximum Gasteiger partial charge on any atom is 0.343 e. The second kappa shape index (κ2) is 8.67. The van der Waals surface area contributed by atoms with E-state index in [0.717, 1.165) is 18.5 Å². The van der Waals surface area contributed by atoms with E-state index in [9.17, 15) is 9.59 Å². The number of benzene rings is 1. The Kier molecular flexibility index (Phi) is 6.58. The van der Waals surface area contributed by atoms with Gasteiger partial charge in [0.1, 0.15) is 10.7 Å². The third kappa shape index (κ3) is 4.82. The Morgan fingerprint density at radius 1 is 1.32 bits per heavy atom. The lowest BCUT2D eigenvalue weighted by molar-refractivity contribution is -0.124. The molecule has 0 fully saturated rings. The highest BCUT2D eigenvalue weighted by Crippen LogP contribution is 2.24. The number of halogens is 1. The molecule has 0 bridgehead atoms. The number of nitrogens with zero attached hydrogens (tertiary/aromatic N) is 2. The van der Waals surface area contributed by atoms with Crippen molar-refractivity contribution in [1.29, 1.82) is 0 Å². The lowest BCUT2D eigenvalue weighted by Gasteiger charge is -2.12. The molecule has 0 spiro atoms. The number of hydrogen-bond acceptors (Lipinski definition) is 4. The Morgan fingerprint density at radius 3 is 2.64 bits per heavy atom. The summed E-state index contributed by atoms with van der Waals surface area (Å²) >= 11 is 6.30. The summed E-state index contributed by atoms with van der Waals surface area (Å²) in [6.45, 7) is 5.27. The molecular formula is C18H22ClN3O3. The fourth-order valence-corrected chi connectivity index (χ4v) is 2.85. The largest absolute Gasteiger partial charge is 0.452 e. The van der Waals surface area contributed by atoms with Crippen molar-refractivity contribution in [3.05, 3.63) is 46.7 Å². The van der Waals surface area contributed by atoms with Gasteiger partial charge in [0, 0.05) is 6.04 Å². The van der Waals surface area contributed by atoms with E-state index in [2.05, 4.69) is 10.4 Å². The molecular weight excluding hydrogens is 342 g/mol. The van der Waals surface area contributed by atoms with Gasteiger partial charge in [-0.2, -0.15) is 5.10 Å². The Labute approximate surface area is 152 Å². The van der Waals surface area contributed by atoms with Crippen molar-refractivity contribution in [3.63, 3.8) is 0 Å². The van der Waals surface area contributed by atoms with Gasteiger partial charge in [0.15, 0.2) is 6.61 Å². The zero-order valence-corrected chi connectivity index (χ0v) is 15.3. The molecule has 2 rings (SSSR count). The molecule has 0 saturated heterocycles. The van der Waals surface area contributed by atoms with E-state index in [0.29, 0.717) is 5.69 Å². The van der Waals surface area contributed by atoms with Crippen LogP contribution in [0.3, 0.4) is 0 Å². The number of carbonyl (C=O) groups excluding carboxylic acids is 2. The second-order valence-electron chi connectivity index (χ2n) is 5.83. The van der Waals surface area contributed by atoms with Crippen LogP contribution in [0, 0.1) is 6.92 Å². The summed E-state index contributed by atoms with van der Waals surface area (Å²) < 4.78 is 6.56. The van der Waals surface area contributed by atoms with Crippen molar-refractivity contribution in [2.24, 2.45) is 0 Å². The van der Waals surface area contributed by atoms with Crippen LogP contribution < -0.4 is 5.32 Å². The lowest BCUT2D eigenvalue weighted by Crippen LogP contribution is -2.35. The van der Waals surface area contributed by atoms with Gasteiger partial charge in [0.25, 0.3) is 5.91 Å². The summed E-state index contributed by atoms with van der Waals surface area (Å²) in [5.41, 5.74) is 1.35. The summed E-state index contributed by atoms with van der Waals surface area (Å²) in [5.74, 6) is -0.999. The van der Waals surface area contributed by atoms with Crippen molar-refractivity contribution in [2.45, 2.75) is 39.7 Å². The Bertz CT molecular complexity index is 744. The number of rotatable bonds is 7. The van der Waals surface area contributed by atoms with Crippen molar-refractivity contribution in [2.75, 3.05) is 6.61 Å². The summed E-state index contributed by atoms with van der Waals surface area (Å²) in [6, 6.07) is 9.28. The van der Waals surface area contributed by atoms with Gasteiger partial charge in [-0.15, -0.1) is 0 Å². The highest BCUT2D eigenvalue weighted by molar-refractivity contribution is 6.33. The van der Waals surface area contributed by atoms with E-state index >= 15 is 0 Å². The third-order valence-electron chi connectivity index (χ3n) is 3.67. The molecule has 25 heavy (non-hydrogen) atoms. The first-order chi connectivity index (χ1) is 11.9. The van der Waals surface area contributed by atoms with E-state index in [1.54, 1.807) is 6.92 Å². The van der Waals surface area contributed by atoms with Crippen LogP contribution in [0.25, 0.3) is 5.69 Å². The van der Waals surface area contributed by atoms with Gasteiger partial charge in [-0.25, -0.2) is 9.48 Å². The van der Waals surface area contributed by atoms with Gasteiger partial charge < -0.3 is 10.1 Å². The summed E-state index contributed by atoms with van der Waals surface area (Å²) in [6.07, 6.45) is 1.84. The molecule has 0 aliphatic rings. The molecule has 0 radical (unpaired) electrons. The molecule has 0 aliphatic carbocycles. The molecule has 1 N–H and O–H groups in total. The van der Waals surface area contributed by atoms with Crippen LogP contribution >= 0.6 is 11.6 Å². The molecule has 1 amide bonds. The Morgan fingerprint density at radius 2 is 2.00 bits per heavy atom. The van der Waals surface area contributed by atoms with Crippen LogP contribution in [0.2, 0.25) is 5.15 Å². The lowest BCUT2D eigenvalue weighted by atomic mass is 10.2. The Hall–Kier alpha value is -2.34. The van der Waals surface area contributed by atoms with Crippen LogP contribution in [0.1, 0.15) is 42.7 Å². The fourth-order valence-electron chi connectivity index (χ4n) is 2.50. The van der Waals surface area contributed by atoms with E-state index in [4.69, 9.17) is 16.3 Å². The van der Waals surface area contributed by atoms with Crippen molar-refractivity contribution < 1.29 is 14.3 Å². The molecule has 1 atom stereocenters. The zero-order chi connectivity index (χ0) is 18.4. The minimum atomic E-state index is -0.664. The second-order valence-corrected chi connectivity index (χ2v) is 6.19. The van der Waals surface area contributed by atoms with E-state index in [1.807, 2.05) is 44.2 Å². The van der Waals surface area contributed by atoms with Gasteiger partial charge >= 0.3 is 5.97 Å². The molecule has 1 heterocycles. The smallest absolute Gasteiger partial charge is 0.343 e. The number of para-hydroxylation sites is 1. The van der Waals surface area contributed by atoms with E-state index < -0.39 is 5.97 Å². The first-order valence-corrected chi connectivity index (χ1v) is 8.58. The Balaban J connectivity index is 2.05. The van der Waals surface area contributed by atoms with Gasteiger partial charge in [0.2, 0.25) is 0 Å². The molecule has 1 aromatic heterocycles. The number of hydrogen-bond donors (Lipinski definition) is 1. The standard InChI is InChI=1S/C18H22ClN3O3/c1-4-8-12(2)20-15(23)11-25-18(24)16-13(3)21-22(17(16)19)14-9-6-5-7-10-14/h5-7,9-10,12H,4,8,11H2,1-3H3,(H,20,23). The number of esters is 1. The molecule has 6 nitrogen and oxygen atoms in total. The predicted octanol–water partition coefficient (Wildman–Crippen LogP) is 3.30. The number of ether oxygens (including phenoxy) is 1. The maximum absolute atomic E-state index is 12.3. The van der Waals surface area contributed by atoms with Gasteiger partial charge in [0.05, 0.1) is 11.4 Å². The first-order valence-electron chi connectivity index (χ1n) is 8.21. The monoisotopic (exact) mass is 363 g/mol. The fraction of sp³-hybridized carbons (Fsp3) is 0.389. The minimum Gasteiger partial charge on any atom is -0.452 e. The normalized spacial score (nSPS) is 11.8. The third-order valence-corrected chi connectivity index (χ3v) is 4.02. The SMILES string of the molecule is CCCC(C)NC(=O)COC(=O)c1c(C)nn(-c2ccccc2)c1Cl. The van der Waals surface area contributed by atoms with Crippen LogP contribution in [0.4, 0.5) is 0 Å². The average Bonchev–Trinajstić information content (AvgIpc) is 2.88. The van der Waals surface area contributed by atoms with Crippen molar-refractivity contribution in [1.82, 2.24) is 15.1 Å². The number of aryl methyl sites for hydroxylation is 1. The first kappa shape index (κ1) is 19.0. The van der Waals surface area contributed by atoms with Gasteiger partial charge in [-0.1, -0.05) is 43.1 Å². The highest BCUT2D eigenvalue weighted by Gasteiger charge is 2.23. The maximum atomic E-state index is 12.3. The van der Waals surface area contributed by atoms with E-state index in [1.165, 1.54) is 4.68 Å².